The number of aryl methyl sites for hydroxylation is 2. The maximum Gasteiger partial charge on any atom is 0.133 e. The first kappa shape index (κ1) is 18.6. The molecule has 0 aromatic heterocycles. The van der Waals surface area contributed by atoms with Gasteiger partial charge in [0.05, 0.1) is 16.6 Å². The van der Waals surface area contributed by atoms with E-state index in [1.54, 1.807) is 0 Å². The lowest BCUT2D eigenvalue weighted by Crippen LogP contribution is -2.27. The number of rotatable bonds is 4. The molecule has 2 aromatic carbocycles. The van der Waals surface area contributed by atoms with E-state index in [2.05, 4.69) is 46.8 Å². The summed E-state index contributed by atoms with van der Waals surface area (Å²) in [4.78, 5) is 2.20. The number of para-hydroxylation sites is 1. The summed E-state index contributed by atoms with van der Waals surface area (Å²) in [5, 5.41) is 0. The van der Waals surface area contributed by atoms with Crippen molar-refractivity contribution < 1.29 is 13.5 Å². The number of hydrogen-bond acceptors (Lipinski definition) is 2. The van der Waals surface area contributed by atoms with E-state index >= 15 is 0 Å². The molecule has 3 rings (SSSR count). The molecule has 26 heavy (non-hydrogen) atoms. The molecule has 0 amide bonds. The SMILES string of the molecule is CC1=CC(OCc2c(F)cccc2F)=C(Br)CN1c1c(C)cccc1C. The van der Waals surface area contributed by atoms with Crippen LogP contribution in [0.15, 0.2) is 58.4 Å². The molecular weight excluding hydrogens is 400 g/mol. The van der Waals surface area contributed by atoms with Gasteiger partial charge in [0.1, 0.15) is 24.0 Å². The van der Waals surface area contributed by atoms with Crippen LogP contribution in [0.5, 0.6) is 0 Å². The molecule has 0 unspecified atom stereocenters. The number of nitrogens with zero attached hydrogens (tertiary/aromatic N) is 1. The average Bonchev–Trinajstić information content (AvgIpc) is 2.58. The zero-order valence-electron chi connectivity index (χ0n) is 14.9. The van der Waals surface area contributed by atoms with Crippen molar-refractivity contribution in [2.24, 2.45) is 0 Å². The molecule has 1 aliphatic heterocycles. The highest BCUT2D eigenvalue weighted by atomic mass is 79.9. The molecule has 0 N–H and O–H groups in total. The lowest BCUT2D eigenvalue weighted by Gasteiger charge is -2.32. The first-order valence-electron chi connectivity index (χ1n) is 8.35. The second kappa shape index (κ2) is 7.62. The van der Waals surface area contributed by atoms with Crippen LogP contribution in [-0.2, 0) is 11.3 Å². The summed E-state index contributed by atoms with van der Waals surface area (Å²) in [5.41, 5.74) is 4.49. The van der Waals surface area contributed by atoms with Crippen LogP contribution >= 0.6 is 15.9 Å². The Morgan fingerprint density at radius 2 is 1.58 bits per heavy atom. The summed E-state index contributed by atoms with van der Waals surface area (Å²) in [7, 11) is 0. The van der Waals surface area contributed by atoms with Crippen molar-refractivity contribution in [3.8, 4) is 0 Å². The molecular formula is C21H20BrF2NO. The summed E-state index contributed by atoms with van der Waals surface area (Å²) in [5.74, 6) is -0.613. The van der Waals surface area contributed by atoms with E-state index in [9.17, 15) is 8.78 Å². The van der Waals surface area contributed by atoms with Gasteiger partial charge in [-0.2, -0.15) is 0 Å². The number of allylic oxidation sites excluding steroid dienone is 2. The molecule has 0 bridgehead atoms. The van der Waals surface area contributed by atoms with Gasteiger partial charge in [-0.3, -0.25) is 0 Å². The van der Waals surface area contributed by atoms with Gasteiger partial charge < -0.3 is 9.64 Å². The minimum absolute atomic E-state index is 0.0662. The quantitative estimate of drug-likeness (QED) is 0.590. The zero-order chi connectivity index (χ0) is 18.8. The highest BCUT2D eigenvalue weighted by Gasteiger charge is 2.22. The van der Waals surface area contributed by atoms with Crippen molar-refractivity contribution in [3.63, 3.8) is 0 Å². The monoisotopic (exact) mass is 419 g/mol. The van der Waals surface area contributed by atoms with Crippen molar-refractivity contribution in [1.82, 2.24) is 0 Å². The normalized spacial score (nSPS) is 14.5. The Labute approximate surface area is 160 Å². The molecule has 0 aliphatic carbocycles. The average molecular weight is 420 g/mol. The third kappa shape index (κ3) is 3.68. The Kier molecular flexibility index (Phi) is 5.47. The molecule has 0 radical (unpaired) electrons. The minimum atomic E-state index is -0.601. The van der Waals surface area contributed by atoms with Crippen LogP contribution in [-0.4, -0.2) is 6.54 Å². The largest absolute Gasteiger partial charge is 0.488 e. The fraction of sp³-hybridized carbons (Fsp3) is 0.238. The summed E-state index contributed by atoms with van der Waals surface area (Å²) in [6.45, 7) is 6.61. The number of ether oxygens (including phenoxy) is 1. The van der Waals surface area contributed by atoms with E-state index in [4.69, 9.17) is 4.74 Å². The molecule has 0 saturated carbocycles. The van der Waals surface area contributed by atoms with E-state index in [1.165, 1.54) is 29.3 Å². The summed E-state index contributed by atoms with van der Waals surface area (Å²) in [6, 6.07) is 10.0. The van der Waals surface area contributed by atoms with Crippen molar-refractivity contribution in [2.45, 2.75) is 27.4 Å². The molecule has 0 fully saturated rings. The predicted octanol–water partition coefficient (Wildman–Crippen LogP) is 6.13. The van der Waals surface area contributed by atoms with E-state index in [-0.39, 0.29) is 12.2 Å². The van der Waals surface area contributed by atoms with Crippen molar-refractivity contribution in [2.75, 3.05) is 11.4 Å². The smallest absolute Gasteiger partial charge is 0.133 e. The molecule has 0 atom stereocenters. The standard InChI is InChI=1S/C21H20BrF2NO/c1-13-6-4-7-14(2)21(13)25-11-17(22)20(10-15(25)3)26-12-16-18(23)8-5-9-19(16)24/h4-10H,11-12H2,1-3H3. The maximum atomic E-state index is 13.8. The van der Waals surface area contributed by atoms with Crippen LogP contribution < -0.4 is 4.90 Å². The molecule has 1 aliphatic rings. The van der Waals surface area contributed by atoms with Gasteiger partial charge in [-0.15, -0.1) is 0 Å². The third-order valence-corrected chi connectivity index (χ3v) is 5.11. The fourth-order valence-electron chi connectivity index (χ4n) is 3.11. The van der Waals surface area contributed by atoms with Gasteiger partial charge in [0.2, 0.25) is 0 Å². The number of halogens is 3. The lowest BCUT2D eigenvalue weighted by molar-refractivity contribution is 0.200. The first-order chi connectivity index (χ1) is 12.4. The van der Waals surface area contributed by atoms with Gasteiger partial charge in [-0.25, -0.2) is 8.78 Å². The van der Waals surface area contributed by atoms with E-state index in [0.717, 1.165) is 15.9 Å². The Balaban J connectivity index is 1.82. The van der Waals surface area contributed by atoms with Crippen LogP contribution in [0.1, 0.15) is 23.6 Å². The van der Waals surface area contributed by atoms with Crippen molar-refractivity contribution >= 4 is 21.6 Å². The number of anilines is 1. The Morgan fingerprint density at radius 3 is 2.19 bits per heavy atom. The van der Waals surface area contributed by atoms with Gasteiger partial charge in [-0.1, -0.05) is 24.3 Å². The van der Waals surface area contributed by atoms with E-state index in [0.29, 0.717) is 12.3 Å². The lowest BCUT2D eigenvalue weighted by atomic mass is 10.1. The summed E-state index contributed by atoms with van der Waals surface area (Å²) < 4.78 is 34.1. The Morgan fingerprint density at radius 1 is 1.00 bits per heavy atom. The maximum absolute atomic E-state index is 13.8. The Bertz CT molecular complexity index is 864. The minimum Gasteiger partial charge on any atom is -0.488 e. The second-order valence-electron chi connectivity index (χ2n) is 6.37. The molecule has 2 aromatic rings. The molecule has 2 nitrogen and oxygen atoms in total. The summed E-state index contributed by atoms with van der Waals surface area (Å²) >= 11 is 3.56. The van der Waals surface area contributed by atoms with Gasteiger partial charge >= 0.3 is 0 Å². The Hall–Kier alpha value is -2.14. The van der Waals surface area contributed by atoms with Crippen molar-refractivity contribution in [3.05, 3.63) is 86.7 Å². The van der Waals surface area contributed by atoms with E-state index < -0.39 is 11.6 Å². The number of hydrogen-bond donors (Lipinski definition) is 0. The van der Waals surface area contributed by atoms with Crippen LogP contribution in [0, 0.1) is 25.5 Å². The molecule has 1 heterocycles. The topological polar surface area (TPSA) is 12.5 Å². The second-order valence-corrected chi connectivity index (χ2v) is 7.33. The fourth-order valence-corrected chi connectivity index (χ4v) is 3.59. The first-order valence-corrected chi connectivity index (χ1v) is 9.14. The molecule has 0 saturated heterocycles. The number of benzene rings is 2. The molecule has 136 valence electrons. The summed E-state index contributed by atoms with van der Waals surface area (Å²) in [6.07, 6.45) is 1.89. The van der Waals surface area contributed by atoms with Crippen molar-refractivity contribution in [1.29, 1.82) is 0 Å². The highest BCUT2D eigenvalue weighted by Crippen LogP contribution is 2.34. The van der Waals surface area contributed by atoms with E-state index in [1.807, 2.05) is 19.1 Å². The van der Waals surface area contributed by atoms with Gasteiger partial charge in [0.25, 0.3) is 0 Å². The highest BCUT2D eigenvalue weighted by molar-refractivity contribution is 9.11. The van der Waals surface area contributed by atoms with Crippen LogP contribution in [0.25, 0.3) is 0 Å². The van der Waals surface area contributed by atoms with Gasteiger partial charge in [0.15, 0.2) is 0 Å². The predicted molar refractivity (Wildman–Crippen MR) is 104 cm³/mol. The zero-order valence-corrected chi connectivity index (χ0v) is 16.5. The van der Waals surface area contributed by atoms with Gasteiger partial charge in [0, 0.05) is 17.5 Å². The van der Waals surface area contributed by atoms with Crippen LogP contribution in [0.2, 0.25) is 0 Å². The third-order valence-electron chi connectivity index (χ3n) is 4.47. The van der Waals surface area contributed by atoms with Crippen LogP contribution in [0.4, 0.5) is 14.5 Å². The molecule has 5 heteroatoms. The van der Waals surface area contributed by atoms with Crippen LogP contribution in [0.3, 0.4) is 0 Å². The van der Waals surface area contributed by atoms with Gasteiger partial charge in [-0.05, 0) is 60.0 Å². The molecule has 0 spiro atoms.